The number of carbonyl (C=O) groups excluding carboxylic acids is 1. The number of nitrogens with two attached hydrogens (primary N) is 1. The number of hydrogen-bond acceptors (Lipinski definition) is 4. The van der Waals surface area contributed by atoms with Crippen LogP contribution < -0.4 is 20.5 Å². The van der Waals surface area contributed by atoms with Crippen molar-refractivity contribution in [3.8, 4) is 11.5 Å². The SMILES string of the molecule is COc1ccc(OC)c(NC(=O)CCc2cccc(N)c2)c1. The van der Waals surface area contributed by atoms with E-state index in [2.05, 4.69) is 5.32 Å². The Kier molecular flexibility index (Phi) is 5.25. The molecule has 0 saturated carbocycles. The first kappa shape index (κ1) is 15.7. The molecule has 0 bridgehead atoms. The zero-order valence-electron chi connectivity index (χ0n) is 12.8. The number of amides is 1. The monoisotopic (exact) mass is 300 g/mol. The Morgan fingerprint density at radius 2 is 1.95 bits per heavy atom. The quantitative estimate of drug-likeness (QED) is 0.805. The van der Waals surface area contributed by atoms with E-state index in [4.69, 9.17) is 15.2 Å². The minimum absolute atomic E-state index is 0.0889. The van der Waals surface area contributed by atoms with Crippen LogP contribution in [0, 0.1) is 0 Å². The average molecular weight is 300 g/mol. The van der Waals surface area contributed by atoms with E-state index in [1.807, 2.05) is 24.3 Å². The van der Waals surface area contributed by atoms with Crippen LogP contribution >= 0.6 is 0 Å². The number of ether oxygens (including phenoxy) is 2. The molecule has 0 fully saturated rings. The lowest BCUT2D eigenvalue weighted by atomic mass is 10.1. The van der Waals surface area contributed by atoms with Gasteiger partial charge in [0.2, 0.25) is 5.91 Å². The van der Waals surface area contributed by atoms with E-state index in [1.165, 1.54) is 0 Å². The maximum Gasteiger partial charge on any atom is 0.224 e. The van der Waals surface area contributed by atoms with Crippen LogP contribution in [-0.2, 0) is 11.2 Å². The average Bonchev–Trinajstić information content (AvgIpc) is 2.53. The lowest BCUT2D eigenvalue weighted by Gasteiger charge is -2.11. The van der Waals surface area contributed by atoms with Gasteiger partial charge in [0.25, 0.3) is 0 Å². The predicted molar refractivity (Wildman–Crippen MR) is 87.4 cm³/mol. The van der Waals surface area contributed by atoms with Crippen molar-refractivity contribution in [2.24, 2.45) is 0 Å². The first-order valence-corrected chi connectivity index (χ1v) is 6.98. The molecule has 22 heavy (non-hydrogen) atoms. The standard InChI is InChI=1S/C17H20N2O3/c1-21-14-7-8-16(22-2)15(11-14)19-17(20)9-6-12-4-3-5-13(18)10-12/h3-5,7-8,10-11H,6,9,18H2,1-2H3,(H,19,20). The fourth-order valence-electron chi connectivity index (χ4n) is 2.13. The Labute approximate surface area is 130 Å². The lowest BCUT2D eigenvalue weighted by molar-refractivity contribution is -0.116. The van der Waals surface area contributed by atoms with Crippen molar-refractivity contribution in [1.82, 2.24) is 0 Å². The molecule has 0 radical (unpaired) electrons. The van der Waals surface area contributed by atoms with E-state index < -0.39 is 0 Å². The molecule has 1 amide bonds. The topological polar surface area (TPSA) is 73.6 Å². The van der Waals surface area contributed by atoms with Crippen LogP contribution in [0.3, 0.4) is 0 Å². The third-order valence-electron chi connectivity index (χ3n) is 3.27. The number of benzene rings is 2. The molecular formula is C17H20N2O3. The minimum atomic E-state index is -0.0889. The zero-order chi connectivity index (χ0) is 15.9. The Morgan fingerprint density at radius 1 is 1.14 bits per heavy atom. The first-order chi connectivity index (χ1) is 10.6. The molecule has 0 saturated heterocycles. The Hall–Kier alpha value is -2.69. The van der Waals surface area contributed by atoms with Crippen LogP contribution in [-0.4, -0.2) is 20.1 Å². The van der Waals surface area contributed by atoms with Crippen molar-refractivity contribution >= 4 is 17.3 Å². The third-order valence-corrected chi connectivity index (χ3v) is 3.27. The first-order valence-electron chi connectivity index (χ1n) is 6.98. The van der Waals surface area contributed by atoms with Crippen LogP contribution in [0.15, 0.2) is 42.5 Å². The minimum Gasteiger partial charge on any atom is -0.497 e. The van der Waals surface area contributed by atoms with Crippen LogP contribution in [0.25, 0.3) is 0 Å². The van der Waals surface area contributed by atoms with Gasteiger partial charge in [-0.15, -0.1) is 0 Å². The number of rotatable bonds is 6. The number of methoxy groups -OCH3 is 2. The Balaban J connectivity index is 1.99. The second-order valence-corrected chi connectivity index (χ2v) is 4.86. The van der Waals surface area contributed by atoms with Gasteiger partial charge in [0.1, 0.15) is 11.5 Å². The molecule has 0 aliphatic heterocycles. The van der Waals surface area contributed by atoms with Gasteiger partial charge in [-0.3, -0.25) is 4.79 Å². The Bertz CT molecular complexity index is 656. The van der Waals surface area contributed by atoms with Gasteiger partial charge >= 0.3 is 0 Å². The summed E-state index contributed by atoms with van der Waals surface area (Å²) in [5, 5.41) is 2.85. The Morgan fingerprint density at radius 3 is 2.64 bits per heavy atom. The van der Waals surface area contributed by atoms with Crippen LogP contribution in [0.5, 0.6) is 11.5 Å². The largest absolute Gasteiger partial charge is 0.497 e. The highest BCUT2D eigenvalue weighted by Gasteiger charge is 2.09. The highest BCUT2D eigenvalue weighted by molar-refractivity contribution is 5.92. The van der Waals surface area contributed by atoms with Gasteiger partial charge in [0.15, 0.2) is 0 Å². The summed E-state index contributed by atoms with van der Waals surface area (Å²) in [5.41, 5.74) is 8.06. The molecule has 0 spiro atoms. The second kappa shape index (κ2) is 7.36. The molecule has 0 aliphatic rings. The van der Waals surface area contributed by atoms with Crippen molar-refractivity contribution in [2.45, 2.75) is 12.8 Å². The molecule has 2 aromatic rings. The molecule has 0 aromatic heterocycles. The van der Waals surface area contributed by atoms with Crippen molar-refractivity contribution in [1.29, 1.82) is 0 Å². The van der Waals surface area contributed by atoms with E-state index in [-0.39, 0.29) is 5.91 Å². The van der Waals surface area contributed by atoms with Crippen molar-refractivity contribution in [3.05, 3.63) is 48.0 Å². The molecule has 2 rings (SSSR count). The molecule has 5 nitrogen and oxygen atoms in total. The maximum absolute atomic E-state index is 12.1. The summed E-state index contributed by atoms with van der Waals surface area (Å²) in [6.45, 7) is 0. The number of aryl methyl sites for hydroxylation is 1. The van der Waals surface area contributed by atoms with Gasteiger partial charge in [-0.2, -0.15) is 0 Å². The number of nitrogens with one attached hydrogen (secondary N) is 1. The fourth-order valence-corrected chi connectivity index (χ4v) is 2.13. The van der Waals surface area contributed by atoms with Gasteiger partial charge in [0, 0.05) is 18.2 Å². The summed E-state index contributed by atoms with van der Waals surface area (Å²) in [6, 6.07) is 12.8. The van der Waals surface area contributed by atoms with E-state index in [1.54, 1.807) is 32.4 Å². The van der Waals surface area contributed by atoms with Crippen LogP contribution in [0.1, 0.15) is 12.0 Å². The fraction of sp³-hybridized carbons (Fsp3) is 0.235. The molecule has 3 N–H and O–H groups in total. The summed E-state index contributed by atoms with van der Waals surface area (Å²) in [5.74, 6) is 1.17. The molecule has 0 aliphatic carbocycles. The predicted octanol–water partition coefficient (Wildman–Crippen LogP) is 2.86. The summed E-state index contributed by atoms with van der Waals surface area (Å²) in [6.07, 6.45) is 0.993. The number of anilines is 2. The molecule has 2 aromatic carbocycles. The van der Waals surface area contributed by atoms with Crippen LogP contribution in [0.4, 0.5) is 11.4 Å². The van der Waals surface area contributed by atoms with Gasteiger partial charge in [-0.25, -0.2) is 0 Å². The van der Waals surface area contributed by atoms with E-state index in [0.29, 0.717) is 35.7 Å². The molecule has 0 atom stereocenters. The number of carbonyl (C=O) groups is 1. The second-order valence-electron chi connectivity index (χ2n) is 4.86. The van der Waals surface area contributed by atoms with E-state index in [9.17, 15) is 4.79 Å². The lowest BCUT2D eigenvalue weighted by Crippen LogP contribution is -2.13. The van der Waals surface area contributed by atoms with Crippen molar-refractivity contribution in [2.75, 3.05) is 25.3 Å². The highest BCUT2D eigenvalue weighted by Crippen LogP contribution is 2.29. The van der Waals surface area contributed by atoms with Gasteiger partial charge < -0.3 is 20.5 Å². The molecule has 0 heterocycles. The van der Waals surface area contributed by atoms with Crippen LogP contribution in [0.2, 0.25) is 0 Å². The van der Waals surface area contributed by atoms with Gasteiger partial charge in [-0.1, -0.05) is 12.1 Å². The van der Waals surface area contributed by atoms with E-state index in [0.717, 1.165) is 5.56 Å². The zero-order valence-corrected chi connectivity index (χ0v) is 12.8. The third kappa shape index (κ3) is 4.15. The maximum atomic E-state index is 12.1. The van der Waals surface area contributed by atoms with Gasteiger partial charge in [-0.05, 0) is 36.2 Å². The summed E-state index contributed by atoms with van der Waals surface area (Å²) in [4.78, 5) is 12.1. The van der Waals surface area contributed by atoms with Crippen molar-refractivity contribution < 1.29 is 14.3 Å². The number of nitrogen functional groups attached to an aromatic ring is 1. The summed E-state index contributed by atoms with van der Waals surface area (Å²) < 4.78 is 10.4. The number of hydrogen-bond donors (Lipinski definition) is 2. The van der Waals surface area contributed by atoms with Gasteiger partial charge in [0.05, 0.1) is 19.9 Å². The smallest absolute Gasteiger partial charge is 0.224 e. The highest BCUT2D eigenvalue weighted by atomic mass is 16.5. The molecular weight excluding hydrogens is 280 g/mol. The molecule has 5 heteroatoms. The normalized spacial score (nSPS) is 10.1. The molecule has 116 valence electrons. The van der Waals surface area contributed by atoms with E-state index >= 15 is 0 Å². The van der Waals surface area contributed by atoms with Crippen molar-refractivity contribution in [3.63, 3.8) is 0 Å². The molecule has 0 unspecified atom stereocenters. The summed E-state index contributed by atoms with van der Waals surface area (Å²) in [7, 11) is 3.14. The summed E-state index contributed by atoms with van der Waals surface area (Å²) >= 11 is 0.